The summed E-state index contributed by atoms with van der Waals surface area (Å²) in [6.07, 6.45) is 4.36. The molecule has 2 rings (SSSR count). The van der Waals surface area contributed by atoms with Crippen LogP contribution in [0.15, 0.2) is 17.6 Å². The van der Waals surface area contributed by atoms with Crippen LogP contribution < -0.4 is 0 Å². The van der Waals surface area contributed by atoms with Gasteiger partial charge in [0.25, 0.3) is 10.0 Å². The minimum Gasteiger partial charge on any atom is -0.336 e. The van der Waals surface area contributed by atoms with Crippen LogP contribution in [-0.2, 0) is 16.6 Å². The van der Waals surface area contributed by atoms with Crippen LogP contribution in [0.25, 0.3) is 0 Å². The van der Waals surface area contributed by atoms with Crippen LogP contribution in [0, 0.1) is 17.8 Å². The minimum absolute atomic E-state index is 0.180. The molecule has 1 saturated heterocycles. The van der Waals surface area contributed by atoms with Crippen molar-refractivity contribution in [3.63, 3.8) is 0 Å². The maximum atomic E-state index is 12.6. The molecule has 0 aliphatic carbocycles. The van der Waals surface area contributed by atoms with Crippen LogP contribution in [0.3, 0.4) is 0 Å². The van der Waals surface area contributed by atoms with Crippen LogP contribution in [0.1, 0.15) is 34.1 Å². The molecule has 0 saturated carbocycles. The van der Waals surface area contributed by atoms with Crippen molar-refractivity contribution in [2.75, 3.05) is 13.1 Å². The highest BCUT2D eigenvalue weighted by Crippen LogP contribution is 2.25. The molecule has 114 valence electrons. The fraction of sp³-hybridized carbons (Fsp3) is 0.786. The van der Waals surface area contributed by atoms with Crippen molar-refractivity contribution in [1.82, 2.24) is 13.9 Å². The van der Waals surface area contributed by atoms with Gasteiger partial charge in [0, 0.05) is 25.8 Å². The van der Waals surface area contributed by atoms with Crippen LogP contribution in [0.2, 0.25) is 0 Å². The highest BCUT2D eigenvalue weighted by atomic mass is 32.2. The minimum atomic E-state index is -3.44. The second-order valence-corrected chi connectivity index (χ2v) is 8.46. The van der Waals surface area contributed by atoms with Crippen molar-refractivity contribution in [2.24, 2.45) is 17.8 Å². The smallest absolute Gasteiger partial charge is 0.262 e. The largest absolute Gasteiger partial charge is 0.336 e. The first-order valence-corrected chi connectivity index (χ1v) is 8.75. The van der Waals surface area contributed by atoms with Gasteiger partial charge in [-0.05, 0) is 24.2 Å². The summed E-state index contributed by atoms with van der Waals surface area (Å²) < 4.78 is 28.7. The number of rotatable bonds is 4. The Hall–Kier alpha value is -0.880. The van der Waals surface area contributed by atoms with E-state index < -0.39 is 10.0 Å². The molecule has 1 aliphatic rings. The van der Waals surface area contributed by atoms with Gasteiger partial charge < -0.3 is 4.57 Å². The van der Waals surface area contributed by atoms with Crippen LogP contribution >= 0.6 is 0 Å². The number of imidazole rings is 1. The van der Waals surface area contributed by atoms with E-state index in [1.54, 1.807) is 16.8 Å². The predicted octanol–water partition coefficient (Wildman–Crippen LogP) is 2.21. The second kappa shape index (κ2) is 5.85. The molecule has 0 bridgehead atoms. The molecule has 5 nitrogen and oxygen atoms in total. The number of aromatic nitrogens is 2. The fourth-order valence-corrected chi connectivity index (χ4v) is 4.54. The monoisotopic (exact) mass is 299 g/mol. The molecule has 2 unspecified atom stereocenters. The molecule has 1 aromatic rings. The lowest BCUT2D eigenvalue weighted by Crippen LogP contribution is -2.42. The topological polar surface area (TPSA) is 55.2 Å². The SMILES string of the molecule is CC(C)Cn1cnc(S(=O)(=O)N2CC(C)CC(C)C2)c1. The maximum Gasteiger partial charge on any atom is 0.262 e. The molecule has 1 aliphatic heterocycles. The number of piperidine rings is 1. The summed E-state index contributed by atoms with van der Waals surface area (Å²) in [5.74, 6) is 1.28. The third kappa shape index (κ3) is 3.41. The van der Waals surface area contributed by atoms with Gasteiger partial charge in [-0.2, -0.15) is 4.31 Å². The molecule has 0 aromatic carbocycles. The van der Waals surface area contributed by atoms with Gasteiger partial charge in [0.15, 0.2) is 5.03 Å². The van der Waals surface area contributed by atoms with Gasteiger partial charge in [0.1, 0.15) is 0 Å². The summed E-state index contributed by atoms with van der Waals surface area (Å²) in [4.78, 5) is 4.10. The Kier molecular flexibility index (Phi) is 4.54. The Morgan fingerprint density at radius 1 is 1.30 bits per heavy atom. The molecule has 1 fully saturated rings. The zero-order valence-electron chi connectivity index (χ0n) is 12.8. The number of sulfonamides is 1. The Morgan fingerprint density at radius 3 is 2.45 bits per heavy atom. The van der Waals surface area contributed by atoms with E-state index in [1.807, 2.05) is 4.57 Å². The van der Waals surface area contributed by atoms with Crippen LogP contribution in [0.5, 0.6) is 0 Å². The Bertz CT molecular complexity index is 541. The van der Waals surface area contributed by atoms with Gasteiger partial charge in [0.2, 0.25) is 0 Å². The summed E-state index contributed by atoms with van der Waals surface area (Å²) in [6, 6.07) is 0. The van der Waals surface area contributed by atoms with E-state index in [1.165, 1.54) is 0 Å². The normalized spacial score (nSPS) is 25.2. The second-order valence-electron chi connectivity index (χ2n) is 6.57. The lowest BCUT2D eigenvalue weighted by Gasteiger charge is -2.33. The summed E-state index contributed by atoms with van der Waals surface area (Å²) >= 11 is 0. The average Bonchev–Trinajstić information content (AvgIpc) is 2.75. The zero-order chi connectivity index (χ0) is 14.9. The third-order valence-electron chi connectivity index (χ3n) is 3.63. The van der Waals surface area contributed by atoms with Crippen molar-refractivity contribution < 1.29 is 8.42 Å². The summed E-state index contributed by atoms with van der Waals surface area (Å²) in [7, 11) is -3.44. The Morgan fingerprint density at radius 2 is 1.90 bits per heavy atom. The third-order valence-corrected chi connectivity index (χ3v) is 5.34. The maximum absolute atomic E-state index is 12.6. The van der Waals surface area contributed by atoms with Gasteiger partial charge in [-0.15, -0.1) is 0 Å². The van der Waals surface area contributed by atoms with Crippen molar-refractivity contribution in [3.8, 4) is 0 Å². The van der Waals surface area contributed by atoms with E-state index >= 15 is 0 Å². The highest BCUT2D eigenvalue weighted by molar-refractivity contribution is 7.89. The van der Waals surface area contributed by atoms with Gasteiger partial charge >= 0.3 is 0 Å². The molecular formula is C14H25N3O2S. The molecule has 2 atom stereocenters. The molecule has 6 heteroatoms. The van der Waals surface area contributed by atoms with Gasteiger partial charge in [-0.25, -0.2) is 13.4 Å². The van der Waals surface area contributed by atoms with Gasteiger partial charge in [0.05, 0.1) is 6.33 Å². The first kappa shape index (κ1) is 15.5. The van der Waals surface area contributed by atoms with Crippen molar-refractivity contribution in [2.45, 2.75) is 45.7 Å². The zero-order valence-corrected chi connectivity index (χ0v) is 13.6. The molecule has 0 amide bonds. The molecule has 0 radical (unpaired) electrons. The average molecular weight is 299 g/mol. The van der Waals surface area contributed by atoms with Crippen LogP contribution in [-0.4, -0.2) is 35.4 Å². The first-order valence-electron chi connectivity index (χ1n) is 7.31. The summed E-state index contributed by atoms with van der Waals surface area (Å²) in [6.45, 7) is 10.4. The van der Waals surface area contributed by atoms with E-state index in [2.05, 4.69) is 32.7 Å². The molecule has 1 aromatic heterocycles. The van der Waals surface area contributed by atoms with E-state index in [-0.39, 0.29) is 5.03 Å². The first-order chi connectivity index (χ1) is 9.29. The fourth-order valence-electron chi connectivity index (χ4n) is 2.93. The molecule has 2 heterocycles. The van der Waals surface area contributed by atoms with Crippen LogP contribution in [0.4, 0.5) is 0 Å². The van der Waals surface area contributed by atoms with Gasteiger partial charge in [-0.1, -0.05) is 27.7 Å². The quantitative estimate of drug-likeness (QED) is 0.856. The van der Waals surface area contributed by atoms with Crippen molar-refractivity contribution >= 4 is 10.0 Å². The Balaban J connectivity index is 2.19. The highest BCUT2D eigenvalue weighted by Gasteiger charge is 2.32. The van der Waals surface area contributed by atoms with E-state index in [0.29, 0.717) is 30.8 Å². The van der Waals surface area contributed by atoms with Gasteiger partial charge in [-0.3, -0.25) is 0 Å². The number of hydrogen-bond acceptors (Lipinski definition) is 3. The summed E-state index contributed by atoms with van der Waals surface area (Å²) in [5.41, 5.74) is 0. The van der Waals surface area contributed by atoms with Crippen molar-refractivity contribution in [3.05, 3.63) is 12.5 Å². The lowest BCUT2D eigenvalue weighted by atomic mass is 9.94. The predicted molar refractivity (Wildman–Crippen MR) is 78.8 cm³/mol. The van der Waals surface area contributed by atoms with E-state index in [4.69, 9.17) is 0 Å². The molecule has 0 spiro atoms. The Labute approximate surface area is 122 Å². The number of nitrogens with zero attached hydrogens (tertiary/aromatic N) is 3. The lowest BCUT2D eigenvalue weighted by molar-refractivity contribution is 0.222. The van der Waals surface area contributed by atoms with Crippen molar-refractivity contribution in [1.29, 1.82) is 0 Å². The standard InChI is InChI=1S/C14H25N3O2S/c1-11(2)6-16-9-14(15-10-16)20(18,19)17-7-12(3)5-13(4)8-17/h9-13H,5-8H2,1-4H3. The molecule has 0 N–H and O–H groups in total. The summed E-state index contributed by atoms with van der Waals surface area (Å²) in [5, 5.41) is 0.180. The molecule has 20 heavy (non-hydrogen) atoms. The molecular weight excluding hydrogens is 274 g/mol. The van der Waals surface area contributed by atoms with E-state index in [0.717, 1.165) is 13.0 Å². The number of hydrogen-bond donors (Lipinski definition) is 0. The van der Waals surface area contributed by atoms with E-state index in [9.17, 15) is 8.42 Å².